The van der Waals surface area contributed by atoms with Crippen LogP contribution in [0.4, 0.5) is 5.82 Å². The number of nitrogens with two attached hydrogens (primary N) is 1. The highest BCUT2D eigenvalue weighted by Gasteiger charge is 2.15. The molecule has 2 heterocycles. The van der Waals surface area contributed by atoms with Crippen LogP contribution in [-0.2, 0) is 0 Å². The summed E-state index contributed by atoms with van der Waals surface area (Å²) >= 11 is 0. The smallest absolute Gasteiger partial charge is 0.273 e. The van der Waals surface area contributed by atoms with E-state index in [9.17, 15) is 4.79 Å². The molecule has 0 atom stereocenters. The summed E-state index contributed by atoms with van der Waals surface area (Å²) in [7, 11) is 0. The van der Waals surface area contributed by atoms with Crippen molar-refractivity contribution in [1.82, 2.24) is 20.3 Å². The van der Waals surface area contributed by atoms with E-state index in [1.165, 1.54) is 64.0 Å². The number of rotatable bonds is 13. The third-order valence-electron chi connectivity index (χ3n) is 4.44. The minimum Gasteiger partial charge on any atom is -0.442 e. The topological polar surface area (TPSA) is 110 Å². The van der Waals surface area contributed by atoms with Crippen LogP contribution in [0.1, 0.15) is 81.6 Å². The average Bonchev–Trinajstić information content (AvgIpc) is 3.28. The van der Waals surface area contributed by atoms with Gasteiger partial charge in [0.15, 0.2) is 11.5 Å². The number of anilines is 1. The van der Waals surface area contributed by atoms with Gasteiger partial charge in [-0.25, -0.2) is 9.97 Å². The van der Waals surface area contributed by atoms with Crippen molar-refractivity contribution in [3.63, 3.8) is 0 Å². The Morgan fingerprint density at radius 3 is 2.38 bits per heavy atom. The minimum absolute atomic E-state index is 0.228. The van der Waals surface area contributed by atoms with Gasteiger partial charge >= 0.3 is 0 Å². The first kappa shape index (κ1) is 20.0. The molecule has 2 aromatic rings. The fraction of sp³-hybridized carbons (Fsp3) is 0.632. The number of nitrogens with zero attached hydrogens (tertiary/aromatic N) is 2. The van der Waals surface area contributed by atoms with E-state index in [1.807, 2.05) is 0 Å². The third kappa shape index (κ3) is 6.54. The van der Waals surface area contributed by atoms with Gasteiger partial charge in [0.25, 0.3) is 5.91 Å². The molecule has 2 rings (SSSR count). The molecule has 0 bridgehead atoms. The molecule has 7 heteroatoms. The van der Waals surface area contributed by atoms with Gasteiger partial charge in [-0.1, -0.05) is 64.7 Å². The number of hydrogen-bond acceptors (Lipinski definition) is 5. The summed E-state index contributed by atoms with van der Waals surface area (Å²) in [5, 5.41) is 2.88. The first-order chi connectivity index (χ1) is 12.7. The van der Waals surface area contributed by atoms with E-state index in [-0.39, 0.29) is 17.5 Å². The van der Waals surface area contributed by atoms with Crippen molar-refractivity contribution in [2.45, 2.75) is 71.1 Å². The highest BCUT2D eigenvalue weighted by atomic mass is 16.3. The third-order valence-corrected chi connectivity index (χ3v) is 4.44. The molecular weight excluding hydrogens is 330 g/mol. The molecule has 0 aliphatic rings. The van der Waals surface area contributed by atoms with Gasteiger partial charge in [-0.15, -0.1) is 0 Å². The maximum atomic E-state index is 12.1. The number of hydrogen-bond donors (Lipinski definition) is 3. The molecule has 2 aromatic heterocycles. The van der Waals surface area contributed by atoms with Crippen LogP contribution in [0.2, 0.25) is 0 Å². The number of amides is 1. The van der Waals surface area contributed by atoms with Gasteiger partial charge in [0.05, 0.1) is 6.33 Å². The predicted molar refractivity (Wildman–Crippen MR) is 103 cm³/mol. The zero-order chi connectivity index (χ0) is 18.6. The van der Waals surface area contributed by atoms with Crippen molar-refractivity contribution >= 4 is 11.7 Å². The lowest BCUT2D eigenvalue weighted by Crippen LogP contribution is -2.24. The van der Waals surface area contributed by atoms with Crippen LogP contribution in [0.25, 0.3) is 11.6 Å². The van der Waals surface area contributed by atoms with Crippen LogP contribution in [0.5, 0.6) is 0 Å². The Hall–Kier alpha value is -2.31. The number of carbonyl (C=O) groups is 1. The van der Waals surface area contributed by atoms with Gasteiger partial charge in [-0.05, 0) is 6.42 Å². The molecule has 0 saturated carbocycles. The lowest BCUT2D eigenvalue weighted by atomic mass is 10.1. The Balaban J connectivity index is 1.54. The van der Waals surface area contributed by atoms with Gasteiger partial charge in [-0.2, -0.15) is 0 Å². The summed E-state index contributed by atoms with van der Waals surface area (Å²) < 4.78 is 5.29. The van der Waals surface area contributed by atoms with Gasteiger partial charge < -0.3 is 20.5 Å². The van der Waals surface area contributed by atoms with Crippen LogP contribution in [0.3, 0.4) is 0 Å². The monoisotopic (exact) mass is 361 g/mol. The van der Waals surface area contributed by atoms with Crippen LogP contribution >= 0.6 is 0 Å². The van der Waals surface area contributed by atoms with Gasteiger partial charge in [0.1, 0.15) is 12.0 Å². The molecule has 0 aliphatic heterocycles. The molecular formula is C19H31N5O2. The Morgan fingerprint density at radius 1 is 1.12 bits per heavy atom. The number of aromatic nitrogens is 3. The van der Waals surface area contributed by atoms with E-state index in [0.717, 1.165) is 12.8 Å². The average molecular weight is 361 g/mol. The van der Waals surface area contributed by atoms with Crippen LogP contribution in [-0.4, -0.2) is 27.4 Å². The summed E-state index contributed by atoms with van der Waals surface area (Å²) in [5.74, 6) is 0.335. The normalized spacial score (nSPS) is 11.0. The second-order valence-electron chi connectivity index (χ2n) is 6.64. The number of oxazole rings is 1. The summed E-state index contributed by atoms with van der Waals surface area (Å²) in [5.41, 5.74) is 6.43. The molecule has 1 amide bonds. The van der Waals surface area contributed by atoms with Gasteiger partial charge in [0, 0.05) is 6.54 Å². The largest absolute Gasteiger partial charge is 0.442 e. The quantitative estimate of drug-likeness (QED) is 0.461. The van der Waals surface area contributed by atoms with Crippen molar-refractivity contribution in [2.24, 2.45) is 0 Å². The maximum Gasteiger partial charge on any atom is 0.273 e. The SMILES string of the molecule is CCCCCCCCCCCCNC(=O)c1coc(-c2[nH]cnc2N)n1. The highest BCUT2D eigenvalue weighted by molar-refractivity contribution is 5.92. The molecule has 0 unspecified atom stereocenters. The fourth-order valence-electron chi connectivity index (χ4n) is 2.87. The summed E-state index contributed by atoms with van der Waals surface area (Å²) in [6.07, 6.45) is 15.5. The molecule has 4 N–H and O–H groups in total. The highest BCUT2D eigenvalue weighted by Crippen LogP contribution is 2.20. The van der Waals surface area contributed by atoms with Crippen LogP contribution < -0.4 is 11.1 Å². The van der Waals surface area contributed by atoms with Crippen molar-refractivity contribution in [3.8, 4) is 11.6 Å². The number of aromatic amines is 1. The van der Waals surface area contributed by atoms with E-state index in [1.54, 1.807) is 0 Å². The van der Waals surface area contributed by atoms with Crippen LogP contribution in [0.15, 0.2) is 17.0 Å². The van der Waals surface area contributed by atoms with Crippen LogP contribution in [0, 0.1) is 0 Å². The van der Waals surface area contributed by atoms with Crippen molar-refractivity contribution in [2.75, 3.05) is 12.3 Å². The molecule has 0 radical (unpaired) electrons. The van der Waals surface area contributed by atoms with Crippen molar-refractivity contribution in [3.05, 3.63) is 18.3 Å². The Morgan fingerprint density at radius 2 is 1.77 bits per heavy atom. The van der Waals surface area contributed by atoms with Crippen molar-refractivity contribution in [1.29, 1.82) is 0 Å². The molecule has 0 aliphatic carbocycles. The number of unbranched alkanes of at least 4 members (excludes halogenated alkanes) is 9. The summed E-state index contributed by atoms with van der Waals surface area (Å²) in [4.78, 5) is 23.0. The number of carbonyl (C=O) groups excluding carboxylic acids is 1. The minimum atomic E-state index is -0.228. The Labute approximate surface area is 155 Å². The molecule has 26 heavy (non-hydrogen) atoms. The lowest BCUT2D eigenvalue weighted by Gasteiger charge is -2.04. The molecule has 0 fully saturated rings. The van der Waals surface area contributed by atoms with Gasteiger partial charge in [0.2, 0.25) is 5.89 Å². The second kappa shape index (κ2) is 11.3. The molecule has 0 saturated heterocycles. The first-order valence-electron chi connectivity index (χ1n) is 9.75. The standard InChI is InChI=1S/C19H31N5O2/c1-2-3-4-5-6-7-8-9-10-11-12-21-18(25)15-13-26-19(24-15)16-17(20)23-14-22-16/h13-14H,2-12,20H2,1H3,(H,21,25)(H,22,23). The number of nitrogens with one attached hydrogen (secondary N) is 2. The van der Waals surface area contributed by atoms with Crippen molar-refractivity contribution < 1.29 is 9.21 Å². The second-order valence-corrected chi connectivity index (χ2v) is 6.64. The summed E-state index contributed by atoms with van der Waals surface area (Å²) in [6.45, 7) is 2.90. The zero-order valence-electron chi connectivity index (χ0n) is 15.7. The Kier molecular flexibility index (Phi) is 8.72. The van der Waals surface area contributed by atoms with E-state index < -0.39 is 0 Å². The number of nitrogen functional groups attached to an aromatic ring is 1. The van der Waals surface area contributed by atoms with E-state index in [2.05, 4.69) is 27.2 Å². The number of imidazole rings is 1. The number of H-pyrrole nitrogens is 1. The lowest BCUT2D eigenvalue weighted by molar-refractivity contribution is 0.0948. The molecule has 144 valence electrons. The fourth-order valence-corrected chi connectivity index (χ4v) is 2.87. The molecule has 7 nitrogen and oxygen atoms in total. The van der Waals surface area contributed by atoms with E-state index >= 15 is 0 Å². The molecule has 0 spiro atoms. The zero-order valence-corrected chi connectivity index (χ0v) is 15.7. The summed E-state index contributed by atoms with van der Waals surface area (Å²) in [6, 6.07) is 0. The molecule has 0 aromatic carbocycles. The van der Waals surface area contributed by atoms with Gasteiger partial charge in [-0.3, -0.25) is 4.79 Å². The van der Waals surface area contributed by atoms with E-state index in [0.29, 0.717) is 18.1 Å². The van der Waals surface area contributed by atoms with E-state index in [4.69, 9.17) is 10.2 Å². The maximum absolute atomic E-state index is 12.1. The predicted octanol–water partition coefficient (Wildman–Crippen LogP) is 4.30. The first-order valence-corrected chi connectivity index (χ1v) is 9.75. The Bertz CT molecular complexity index is 650.